The molecule has 0 aliphatic heterocycles. The number of hydrogen-bond acceptors (Lipinski definition) is 2. The van der Waals surface area contributed by atoms with Crippen molar-refractivity contribution in [1.29, 1.82) is 5.26 Å². The van der Waals surface area contributed by atoms with E-state index in [0.717, 1.165) is 19.5 Å². The molecule has 2 aromatic rings. The van der Waals surface area contributed by atoms with Crippen LogP contribution in [0.4, 0.5) is 0 Å². The van der Waals surface area contributed by atoms with Gasteiger partial charge < -0.3 is 0 Å². The number of hydrogen-bond donors (Lipinski definition) is 0. The highest BCUT2D eigenvalue weighted by Gasteiger charge is 2.31. The molecule has 2 atom stereocenters. The summed E-state index contributed by atoms with van der Waals surface area (Å²) in [5.74, 6) is 0.588. The van der Waals surface area contributed by atoms with E-state index in [0.29, 0.717) is 21.6 Å². The quantitative estimate of drug-likeness (QED) is 0.314. The van der Waals surface area contributed by atoms with Crippen molar-refractivity contribution in [3.05, 3.63) is 71.3 Å². The molecule has 3 rings (SSSR count). The first-order valence-electron chi connectivity index (χ1n) is 11.4. The zero-order valence-electron chi connectivity index (χ0n) is 19.1. The molecule has 1 aliphatic rings. The maximum Gasteiger partial charge on any atom is 0.0587 e. The van der Waals surface area contributed by atoms with Crippen molar-refractivity contribution in [2.75, 3.05) is 6.54 Å². The van der Waals surface area contributed by atoms with Gasteiger partial charge in [0, 0.05) is 35.1 Å². The summed E-state index contributed by atoms with van der Waals surface area (Å²) in [6, 6.07) is 22.6. The van der Waals surface area contributed by atoms with Crippen molar-refractivity contribution in [2.45, 2.75) is 81.0 Å². The molecule has 168 valence electrons. The van der Waals surface area contributed by atoms with E-state index in [1.54, 1.807) is 6.07 Å². The summed E-state index contributed by atoms with van der Waals surface area (Å²) in [7, 11) is 0. The maximum absolute atomic E-state index is 7.32. The lowest BCUT2D eigenvalue weighted by Crippen LogP contribution is -2.31. The zero-order valence-corrected chi connectivity index (χ0v) is 22.3. The van der Waals surface area contributed by atoms with Crippen molar-refractivity contribution >= 4 is 31.9 Å². The summed E-state index contributed by atoms with van der Waals surface area (Å²) in [6.45, 7) is 8.22. The molecule has 2 unspecified atom stereocenters. The average molecular weight is 548 g/mol. The van der Waals surface area contributed by atoms with Crippen molar-refractivity contribution in [2.24, 2.45) is 0 Å². The van der Waals surface area contributed by atoms with Gasteiger partial charge in [0.2, 0.25) is 0 Å². The number of rotatable bonds is 8. The SMILES string of the molecule is CC#N.CC(C)N(CCCc1ccc(C2C(Br)CCCC2Br)cc1)Cc1ccccc1. The van der Waals surface area contributed by atoms with Crippen molar-refractivity contribution in [3.8, 4) is 6.07 Å². The molecule has 0 amide bonds. The van der Waals surface area contributed by atoms with E-state index in [1.807, 2.05) is 0 Å². The average Bonchev–Trinajstić information content (AvgIpc) is 2.75. The van der Waals surface area contributed by atoms with Crippen LogP contribution >= 0.6 is 31.9 Å². The topological polar surface area (TPSA) is 27.0 Å². The summed E-state index contributed by atoms with van der Waals surface area (Å²) in [4.78, 5) is 3.76. The first kappa shape index (κ1) is 26.1. The van der Waals surface area contributed by atoms with Gasteiger partial charge in [-0.25, -0.2) is 0 Å². The van der Waals surface area contributed by atoms with Crippen LogP contribution in [0.1, 0.15) is 69.1 Å². The first-order valence-corrected chi connectivity index (χ1v) is 13.2. The predicted molar refractivity (Wildman–Crippen MR) is 140 cm³/mol. The highest BCUT2D eigenvalue weighted by atomic mass is 79.9. The van der Waals surface area contributed by atoms with Gasteiger partial charge in [0.25, 0.3) is 0 Å². The summed E-state index contributed by atoms with van der Waals surface area (Å²) >= 11 is 7.83. The Hall–Kier alpha value is -1.15. The lowest BCUT2D eigenvalue weighted by molar-refractivity contribution is 0.210. The van der Waals surface area contributed by atoms with Crippen LogP contribution in [0, 0.1) is 11.3 Å². The minimum atomic E-state index is 0.570. The number of nitrogens with zero attached hydrogens (tertiary/aromatic N) is 2. The van der Waals surface area contributed by atoms with Gasteiger partial charge in [-0.3, -0.25) is 4.90 Å². The highest BCUT2D eigenvalue weighted by Crippen LogP contribution is 2.41. The fraction of sp³-hybridized carbons (Fsp3) is 0.519. The van der Waals surface area contributed by atoms with E-state index >= 15 is 0 Å². The largest absolute Gasteiger partial charge is 0.297 e. The molecule has 2 nitrogen and oxygen atoms in total. The van der Waals surface area contributed by atoms with Crippen LogP contribution in [-0.4, -0.2) is 27.1 Å². The van der Waals surface area contributed by atoms with Gasteiger partial charge in [-0.2, -0.15) is 5.26 Å². The van der Waals surface area contributed by atoms with Crippen LogP contribution in [0.2, 0.25) is 0 Å². The Morgan fingerprint density at radius 1 is 0.968 bits per heavy atom. The molecule has 1 fully saturated rings. The summed E-state index contributed by atoms with van der Waals surface area (Å²) < 4.78 is 0. The number of halogens is 2. The number of benzene rings is 2. The summed E-state index contributed by atoms with van der Waals surface area (Å²) in [6.07, 6.45) is 6.23. The third-order valence-electron chi connectivity index (χ3n) is 5.97. The van der Waals surface area contributed by atoms with Crippen LogP contribution in [0.25, 0.3) is 0 Å². The van der Waals surface area contributed by atoms with E-state index in [4.69, 9.17) is 5.26 Å². The maximum atomic E-state index is 7.32. The van der Waals surface area contributed by atoms with Gasteiger partial charge in [-0.05, 0) is 62.8 Å². The van der Waals surface area contributed by atoms with Gasteiger partial charge in [0.15, 0.2) is 0 Å². The number of alkyl halides is 2. The van der Waals surface area contributed by atoms with Gasteiger partial charge in [0.05, 0.1) is 6.07 Å². The fourth-order valence-corrected chi connectivity index (χ4v) is 6.65. The van der Waals surface area contributed by atoms with Crippen molar-refractivity contribution < 1.29 is 0 Å². The van der Waals surface area contributed by atoms with Crippen LogP contribution < -0.4 is 0 Å². The minimum absolute atomic E-state index is 0.570. The Labute approximate surface area is 206 Å². The molecule has 4 heteroatoms. The molecule has 1 aliphatic carbocycles. The first-order chi connectivity index (χ1) is 15.0. The van der Waals surface area contributed by atoms with Crippen LogP contribution in [-0.2, 0) is 13.0 Å². The van der Waals surface area contributed by atoms with Gasteiger partial charge in [-0.1, -0.05) is 92.9 Å². The molecule has 0 heterocycles. The molecular formula is C27H36Br2N2. The fourth-order valence-electron chi connectivity index (χ4n) is 4.24. The van der Waals surface area contributed by atoms with E-state index in [9.17, 15) is 0 Å². The van der Waals surface area contributed by atoms with E-state index in [2.05, 4.69) is 105 Å². The molecule has 0 aromatic heterocycles. The standard InChI is InChI=1S/C25H33Br2N.C2H3N/c1-19(2)28(18-21-8-4-3-5-9-21)17-7-10-20-13-15-22(16-14-20)25-23(26)11-6-12-24(25)27;1-2-3/h3-5,8-9,13-16,19,23-25H,6-7,10-12,17-18H2,1-2H3;1H3. The molecule has 0 N–H and O–H groups in total. The number of nitriles is 1. The molecular weight excluding hydrogens is 512 g/mol. The van der Waals surface area contributed by atoms with Crippen molar-refractivity contribution in [3.63, 3.8) is 0 Å². The number of aryl methyl sites for hydroxylation is 1. The lowest BCUT2D eigenvalue weighted by atomic mass is 9.83. The van der Waals surface area contributed by atoms with E-state index in [1.165, 1.54) is 49.3 Å². The second-order valence-corrected chi connectivity index (χ2v) is 11.0. The third-order valence-corrected chi connectivity index (χ3v) is 8.03. The van der Waals surface area contributed by atoms with E-state index in [-0.39, 0.29) is 0 Å². The Kier molecular flexibility index (Phi) is 11.9. The smallest absolute Gasteiger partial charge is 0.0587 e. The Morgan fingerprint density at radius 2 is 1.55 bits per heavy atom. The van der Waals surface area contributed by atoms with Crippen LogP contribution in [0.5, 0.6) is 0 Å². The van der Waals surface area contributed by atoms with Crippen molar-refractivity contribution in [1.82, 2.24) is 4.90 Å². The molecule has 0 spiro atoms. The van der Waals surface area contributed by atoms with Gasteiger partial charge in [-0.15, -0.1) is 0 Å². The second-order valence-electron chi connectivity index (χ2n) is 8.61. The highest BCUT2D eigenvalue weighted by molar-refractivity contribution is 9.10. The molecule has 1 saturated carbocycles. The molecule has 0 bridgehead atoms. The zero-order chi connectivity index (χ0) is 22.6. The second kappa shape index (κ2) is 14.1. The normalized spacial score (nSPS) is 20.8. The summed E-state index contributed by atoms with van der Waals surface area (Å²) in [5.41, 5.74) is 4.34. The molecule has 0 radical (unpaired) electrons. The molecule has 2 aromatic carbocycles. The van der Waals surface area contributed by atoms with Gasteiger partial charge in [0.1, 0.15) is 0 Å². The Bertz CT molecular complexity index is 773. The third kappa shape index (κ3) is 8.72. The molecule has 0 saturated heterocycles. The van der Waals surface area contributed by atoms with E-state index < -0.39 is 0 Å². The lowest BCUT2D eigenvalue weighted by Gasteiger charge is -2.32. The van der Waals surface area contributed by atoms with Crippen LogP contribution in [0.3, 0.4) is 0 Å². The minimum Gasteiger partial charge on any atom is -0.297 e. The van der Waals surface area contributed by atoms with Gasteiger partial charge >= 0.3 is 0 Å². The molecule has 31 heavy (non-hydrogen) atoms. The Morgan fingerprint density at radius 3 is 2.10 bits per heavy atom. The monoisotopic (exact) mass is 546 g/mol. The summed E-state index contributed by atoms with van der Waals surface area (Å²) in [5, 5.41) is 7.32. The predicted octanol–water partition coefficient (Wildman–Crippen LogP) is 7.85. The van der Waals surface area contributed by atoms with Crippen LogP contribution in [0.15, 0.2) is 54.6 Å². The Balaban J connectivity index is 0.00000107.